The second-order valence-corrected chi connectivity index (χ2v) is 4.70. The maximum Gasteiger partial charge on any atom is 0.143 e. The van der Waals surface area contributed by atoms with Crippen molar-refractivity contribution in [3.63, 3.8) is 0 Å². The molecule has 0 radical (unpaired) electrons. The van der Waals surface area contributed by atoms with E-state index >= 15 is 0 Å². The normalized spacial score (nSPS) is 10.8. The lowest BCUT2D eigenvalue weighted by Crippen LogP contribution is -2.03. The van der Waals surface area contributed by atoms with Gasteiger partial charge in [-0.15, -0.1) is 0 Å². The van der Waals surface area contributed by atoms with E-state index in [1.807, 2.05) is 19.2 Å². The number of rotatable bonds is 3. The highest BCUT2D eigenvalue weighted by atomic mass is 15.0. The highest BCUT2D eigenvalue weighted by molar-refractivity contribution is 5.86. The average molecular weight is 252 g/mol. The van der Waals surface area contributed by atoms with Gasteiger partial charge in [-0.25, -0.2) is 9.97 Å². The summed E-state index contributed by atoms with van der Waals surface area (Å²) in [6.07, 6.45) is 1.89. The van der Waals surface area contributed by atoms with Crippen LogP contribution in [0.5, 0.6) is 0 Å². The third-order valence-corrected chi connectivity index (χ3v) is 3.07. The molecule has 0 fully saturated rings. The Bertz CT molecular complexity index is 715. The molecule has 4 heteroatoms. The molecule has 0 amide bonds. The minimum absolute atomic E-state index is 0.762. The van der Waals surface area contributed by atoms with Crippen molar-refractivity contribution in [2.45, 2.75) is 20.4 Å². The van der Waals surface area contributed by atoms with Crippen LogP contribution in [-0.2, 0) is 6.54 Å². The molecule has 1 aromatic carbocycles. The Labute approximate surface area is 111 Å². The third kappa shape index (κ3) is 2.42. The average Bonchev–Trinajstić information content (AvgIpc) is 2.84. The van der Waals surface area contributed by atoms with Crippen LogP contribution in [0, 0.1) is 13.8 Å². The molecule has 0 bridgehead atoms. The number of aromatic nitrogens is 3. The molecule has 0 unspecified atom stereocenters. The number of nitrogens with one attached hydrogen (secondary N) is 2. The fourth-order valence-electron chi connectivity index (χ4n) is 2.20. The summed E-state index contributed by atoms with van der Waals surface area (Å²) in [5.41, 5.74) is 3.39. The van der Waals surface area contributed by atoms with E-state index in [4.69, 9.17) is 0 Å². The molecule has 3 rings (SSSR count). The van der Waals surface area contributed by atoms with E-state index in [1.54, 1.807) is 0 Å². The van der Waals surface area contributed by atoms with E-state index in [9.17, 15) is 0 Å². The number of aryl methyl sites for hydroxylation is 2. The standard InChI is InChI=1S/C15H16N4/c1-10-4-3-5-12(8-10)9-17-15-13-6-7-16-14(13)18-11(2)19-15/h3-8H,9H2,1-2H3,(H2,16,17,18,19). The van der Waals surface area contributed by atoms with Crippen LogP contribution in [0.3, 0.4) is 0 Å². The van der Waals surface area contributed by atoms with Crippen molar-refractivity contribution in [3.8, 4) is 0 Å². The number of aromatic amines is 1. The SMILES string of the molecule is Cc1cccc(CNc2nc(C)nc3[nH]ccc23)c1. The Balaban J connectivity index is 1.87. The maximum absolute atomic E-state index is 4.47. The molecule has 0 saturated carbocycles. The van der Waals surface area contributed by atoms with Crippen molar-refractivity contribution in [2.24, 2.45) is 0 Å². The van der Waals surface area contributed by atoms with Crippen molar-refractivity contribution in [1.82, 2.24) is 15.0 Å². The van der Waals surface area contributed by atoms with Crippen LogP contribution in [0.2, 0.25) is 0 Å². The van der Waals surface area contributed by atoms with E-state index in [1.165, 1.54) is 11.1 Å². The lowest BCUT2D eigenvalue weighted by Gasteiger charge is -2.08. The van der Waals surface area contributed by atoms with Gasteiger partial charge < -0.3 is 10.3 Å². The molecule has 0 atom stereocenters. The monoisotopic (exact) mass is 252 g/mol. The highest BCUT2D eigenvalue weighted by Gasteiger charge is 2.06. The minimum atomic E-state index is 0.762. The van der Waals surface area contributed by atoms with Gasteiger partial charge in [-0.1, -0.05) is 29.8 Å². The lowest BCUT2D eigenvalue weighted by molar-refractivity contribution is 1.04. The summed E-state index contributed by atoms with van der Waals surface area (Å²) in [7, 11) is 0. The number of nitrogens with zero attached hydrogens (tertiary/aromatic N) is 2. The van der Waals surface area contributed by atoms with E-state index in [2.05, 4.69) is 51.5 Å². The zero-order valence-corrected chi connectivity index (χ0v) is 11.1. The van der Waals surface area contributed by atoms with Crippen LogP contribution in [0.15, 0.2) is 36.5 Å². The van der Waals surface area contributed by atoms with Crippen molar-refractivity contribution >= 4 is 16.9 Å². The number of fused-ring (bicyclic) bond motifs is 1. The second kappa shape index (κ2) is 4.72. The largest absolute Gasteiger partial charge is 0.365 e. The second-order valence-electron chi connectivity index (χ2n) is 4.70. The molecule has 2 heterocycles. The predicted molar refractivity (Wildman–Crippen MR) is 77.1 cm³/mol. The summed E-state index contributed by atoms with van der Waals surface area (Å²) < 4.78 is 0. The highest BCUT2D eigenvalue weighted by Crippen LogP contribution is 2.19. The summed E-state index contributed by atoms with van der Waals surface area (Å²) >= 11 is 0. The van der Waals surface area contributed by atoms with Crippen LogP contribution in [-0.4, -0.2) is 15.0 Å². The van der Waals surface area contributed by atoms with Crippen LogP contribution in [0.1, 0.15) is 17.0 Å². The number of hydrogen-bond acceptors (Lipinski definition) is 3. The van der Waals surface area contributed by atoms with Gasteiger partial charge in [0.25, 0.3) is 0 Å². The summed E-state index contributed by atoms with van der Waals surface area (Å²) in [6.45, 7) is 4.76. The van der Waals surface area contributed by atoms with Crippen molar-refractivity contribution in [1.29, 1.82) is 0 Å². The Morgan fingerprint density at radius 1 is 1.16 bits per heavy atom. The van der Waals surface area contributed by atoms with Crippen molar-refractivity contribution in [3.05, 3.63) is 53.5 Å². The predicted octanol–water partition coefficient (Wildman–Crippen LogP) is 3.19. The molecular weight excluding hydrogens is 236 g/mol. The number of H-pyrrole nitrogens is 1. The molecule has 19 heavy (non-hydrogen) atoms. The van der Waals surface area contributed by atoms with E-state index in [0.29, 0.717) is 0 Å². The molecule has 0 spiro atoms. The molecule has 0 aliphatic carbocycles. The number of anilines is 1. The molecule has 3 aromatic rings. The van der Waals surface area contributed by atoms with Crippen LogP contribution in [0.4, 0.5) is 5.82 Å². The van der Waals surface area contributed by atoms with Gasteiger partial charge >= 0.3 is 0 Å². The molecule has 0 aliphatic rings. The zero-order valence-electron chi connectivity index (χ0n) is 11.1. The van der Waals surface area contributed by atoms with Gasteiger partial charge in [0, 0.05) is 12.7 Å². The first kappa shape index (κ1) is 11.7. The minimum Gasteiger partial charge on any atom is -0.365 e. The molecule has 2 aromatic heterocycles. The van der Waals surface area contributed by atoms with Crippen molar-refractivity contribution < 1.29 is 0 Å². The van der Waals surface area contributed by atoms with E-state index in [0.717, 1.165) is 29.2 Å². The van der Waals surface area contributed by atoms with Gasteiger partial charge in [-0.05, 0) is 25.5 Å². The lowest BCUT2D eigenvalue weighted by atomic mass is 10.1. The Morgan fingerprint density at radius 2 is 2.05 bits per heavy atom. The maximum atomic E-state index is 4.47. The molecule has 96 valence electrons. The Hall–Kier alpha value is -2.36. The van der Waals surface area contributed by atoms with E-state index in [-0.39, 0.29) is 0 Å². The van der Waals surface area contributed by atoms with Gasteiger partial charge in [-0.2, -0.15) is 0 Å². The Morgan fingerprint density at radius 3 is 2.89 bits per heavy atom. The van der Waals surface area contributed by atoms with Gasteiger partial charge in [-0.3, -0.25) is 0 Å². The number of benzene rings is 1. The smallest absolute Gasteiger partial charge is 0.143 e. The third-order valence-electron chi connectivity index (χ3n) is 3.07. The summed E-state index contributed by atoms with van der Waals surface area (Å²) in [6, 6.07) is 10.5. The van der Waals surface area contributed by atoms with Crippen LogP contribution >= 0.6 is 0 Å². The van der Waals surface area contributed by atoms with Gasteiger partial charge in [0.1, 0.15) is 17.3 Å². The first-order chi connectivity index (χ1) is 9.22. The van der Waals surface area contributed by atoms with E-state index < -0.39 is 0 Å². The van der Waals surface area contributed by atoms with Gasteiger partial charge in [0.05, 0.1) is 5.39 Å². The van der Waals surface area contributed by atoms with Crippen molar-refractivity contribution in [2.75, 3.05) is 5.32 Å². The first-order valence-corrected chi connectivity index (χ1v) is 6.33. The summed E-state index contributed by atoms with van der Waals surface area (Å²) in [5, 5.41) is 4.41. The van der Waals surface area contributed by atoms with Gasteiger partial charge in [0.2, 0.25) is 0 Å². The summed E-state index contributed by atoms with van der Waals surface area (Å²) in [5.74, 6) is 1.65. The fraction of sp³-hybridized carbons (Fsp3) is 0.200. The molecule has 0 saturated heterocycles. The van der Waals surface area contributed by atoms with Gasteiger partial charge in [0.15, 0.2) is 0 Å². The molecule has 2 N–H and O–H groups in total. The molecule has 0 aliphatic heterocycles. The van der Waals surface area contributed by atoms with Crippen LogP contribution in [0.25, 0.3) is 11.0 Å². The zero-order chi connectivity index (χ0) is 13.2. The van der Waals surface area contributed by atoms with Crippen LogP contribution < -0.4 is 5.32 Å². The topological polar surface area (TPSA) is 53.6 Å². The quantitative estimate of drug-likeness (QED) is 0.752. The summed E-state index contributed by atoms with van der Waals surface area (Å²) in [4.78, 5) is 11.9. The first-order valence-electron chi connectivity index (χ1n) is 6.33. The Kier molecular flexibility index (Phi) is 2.91. The molecular formula is C15H16N4. The fourth-order valence-corrected chi connectivity index (χ4v) is 2.20. The number of hydrogen-bond donors (Lipinski definition) is 2. The molecule has 4 nitrogen and oxygen atoms in total.